The molecule has 0 bridgehead atoms. The molecule has 1 atom stereocenters. The number of thioether (sulfide) groups is 1. The number of amides is 1. The van der Waals surface area contributed by atoms with E-state index in [9.17, 15) is 13.6 Å². The van der Waals surface area contributed by atoms with Gasteiger partial charge in [0.2, 0.25) is 0 Å². The maximum Gasteiger partial charge on any atom is 0.290 e. The molecule has 5 nitrogen and oxygen atoms in total. The number of alkyl halides is 2. The molecular weight excluding hydrogens is 374 g/mol. The molecule has 0 aliphatic heterocycles. The Labute approximate surface area is 161 Å². The van der Waals surface area contributed by atoms with Crippen LogP contribution in [0.15, 0.2) is 41.6 Å². The summed E-state index contributed by atoms with van der Waals surface area (Å²) in [7, 11) is 0. The number of rotatable bonds is 9. The van der Waals surface area contributed by atoms with Gasteiger partial charge in [-0.3, -0.25) is 4.79 Å². The van der Waals surface area contributed by atoms with Crippen molar-refractivity contribution in [3.63, 3.8) is 0 Å². The highest BCUT2D eigenvalue weighted by molar-refractivity contribution is 7.99. The van der Waals surface area contributed by atoms with Crippen LogP contribution < -0.4 is 14.8 Å². The Morgan fingerprint density at radius 2 is 1.89 bits per heavy atom. The number of hydrogen-bond acceptors (Lipinski definition) is 5. The molecule has 2 aromatic rings. The molecule has 0 fully saturated rings. The molecule has 1 aromatic carbocycles. The lowest BCUT2D eigenvalue weighted by molar-refractivity contribution is 0.0936. The van der Waals surface area contributed by atoms with Gasteiger partial charge < -0.3 is 14.8 Å². The molecule has 1 amide bonds. The molecule has 0 saturated heterocycles. The van der Waals surface area contributed by atoms with Crippen LogP contribution in [0.2, 0.25) is 0 Å². The van der Waals surface area contributed by atoms with E-state index in [2.05, 4.69) is 10.3 Å². The standard InChI is InChI=1S/C19H22F2N2O3S/c1-4-25-15-9-8-13(11-16(15)26-5-2)12(3)23-17(24)14-7-6-10-22-18(14)27-19(20)21/h6-12,19H,4-5H2,1-3H3,(H,23,24). The number of nitrogens with one attached hydrogen (secondary N) is 1. The quantitative estimate of drug-likeness (QED) is 0.624. The number of hydrogen-bond donors (Lipinski definition) is 1. The van der Waals surface area contributed by atoms with Crippen LogP contribution in [0.5, 0.6) is 11.5 Å². The van der Waals surface area contributed by atoms with E-state index in [1.54, 1.807) is 25.1 Å². The molecule has 0 spiro atoms. The lowest BCUT2D eigenvalue weighted by Crippen LogP contribution is -2.27. The second kappa shape index (κ2) is 10.1. The van der Waals surface area contributed by atoms with Crippen LogP contribution >= 0.6 is 11.8 Å². The predicted molar refractivity (Wildman–Crippen MR) is 101 cm³/mol. The minimum absolute atomic E-state index is 0.00102. The van der Waals surface area contributed by atoms with E-state index in [0.29, 0.717) is 24.7 Å². The van der Waals surface area contributed by atoms with Crippen molar-refractivity contribution in [2.24, 2.45) is 0 Å². The van der Waals surface area contributed by atoms with Gasteiger partial charge in [0.25, 0.3) is 11.7 Å². The lowest BCUT2D eigenvalue weighted by Gasteiger charge is -2.18. The molecule has 0 aliphatic carbocycles. The Morgan fingerprint density at radius 3 is 2.56 bits per heavy atom. The molecule has 146 valence electrons. The Morgan fingerprint density at radius 1 is 1.19 bits per heavy atom. The van der Waals surface area contributed by atoms with Gasteiger partial charge >= 0.3 is 0 Å². The second-order valence-corrected chi connectivity index (χ2v) is 6.48. The summed E-state index contributed by atoms with van der Waals surface area (Å²) < 4.78 is 36.5. The van der Waals surface area contributed by atoms with Gasteiger partial charge in [-0.25, -0.2) is 4.98 Å². The van der Waals surface area contributed by atoms with Crippen molar-refractivity contribution in [2.75, 3.05) is 13.2 Å². The number of halogens is 2. The first-order valence-corrected chi connectivity index (χ1v) is 9.44. The van der Waals surface area contributed by atoms with Gasteiger partial charge in [-0.2, -0.15) is 8.78 Å². The van der Waals surface area contributed by atoms with E-state index in [-0.39, 0.29) is 28.4 Å². The van der Waals surface area contributed by atoms with Gasteiger partial charge in [-0.1, -0.05) is 6.07 Å². The number of ether oxygens (including phenoxy) is 2. The Bertz CT molecular complexity index is 774. The zero-order valence-corrected chi connectivity index (χ0v) is 16.2. The Kier molecular flexibility index (Phi) is 7.84. The molecule has 0 aliphatic rings. The fraction of sp³-hybridized carbons (Fsp3) is 0.368. The van der Waals surface area contributed by atoms with Crippen molar-refractivity contribution in [3.05, 3.63) is 47.7 Å². The van der Waals surface area contributed by atoms with Crippen molar-refractivity contribution in [2.45, 2.75) is 37.6 Å². The molecule has 27 heavy (non-hydrogen) atoms. The minimum Gasteiger partial charge on any atom is -0.490 e. The van der Waals surface area contributed by atoms with E-state index in [1.165, 1.54) is 12.3 Å². The maximum atomic E-state index is 12.7. The fourth-order valence-electron chi connectivity index (χ4n) is 2.44. The molecule has 0 saturated carbocycles. The summed E-state index contributed by atoms with van der Waals surface area (Å²) in [4.78, 5) is 16.4. The minimum atomic E-state index is -2.65. The highest BCUT2D eigenvalue weighted by Crippen LogP contribution is 2.31. The first kappa shape index (κ1) is 21.0. The highest BCUT2D eigenvalue weighted by atomic mass is 32.2. The fourth-order valence-corrected chi connectivity index (χ4v) is 3.01. The summed E-state index contributed by atoms with van der Waals surface area (Å²) in [5.74, 6) is -1.90. The molecule has 8 heteroatoms. The van der Waals surface area contributed by atoms with E-state index in [4.69, 9.17) is 9.47 Å². The third-order valence-electron chi connectivity index (χ3n) is 3.63. The van der Waals surface area contributed by atoms with Crippen LogP contribution in [0, 0.1) is 0 Å². The third kappa shape index (κ3) is 5.82. The Hall–Kier alpha value is -2.35. The summed E-state index contributed by atoms with van der Waals surface area (Å²) in [5, 5.41) is 2.81. The van der Waals surface area contributed by atoms with Crippen LogP contribution in [0.4, 0.5) is 8.78 Å². The van der Waals surface area contributed by atoms with Crippen LogP contribution in [0.25, 0.3) is 0 Å². The molecule has 1 unspecified atom stereocenters. The third-order valence-corrected chi connectivity index (χ3v) is 4.36. The number of nitrogens with zero attached hydrogens (tertiary/aromatic N) is 1. The number of carbonyl (C=O) groups is 1. The largest absolute Gasteiger partial charge is 0.490 e. The maximum absolute atomic E-state index is 12.7. The van der Waals surface area contributed by atoms with Crippen molar-refractivity contribution in [3.8, 4) is 11.5 Å². The van der Waals surface area contributed by atoms with Gasteiger partial charge in [-0.05, 0) is 62.4 Å². The number of aromatic nitrogens is 1. The molecule has 0 radical (unpaired) electrons. The topological polar surface area (TPSA) is 60.5 Å². The SMILES string of the molecule is CCOc1ccc(C(C)NC(=O)c2cccnc2SC(F)F)cc1OCC. The van der Waals surface area contributed by atoms with Crippen LogP contribution in [-0.2, 0) is 0 Å². The lowest BCUT2D eigenvalue weighted by atomic mass is 10.1. The first-order valence-electron chi connectivity index (χ1n) is 8.56. The molecule has 2 rings (SSSR count). The first-order chi connectivity index (χ1) is 13.0. The summed E-state index contributed by atoms with van der Waals surface area (Å²) in [6.45, 7) is 6.55. The molecule has 1 aromatic heterocycles. The summed E-state index contributed by atoms with van der Waals surface area (Å²) in [5.41, 5.74) is 0.924. The van der Waals surface area contributed by atoms with Crippen LogP contribution in [0.3, 0.4) is 0 Å². The van der Waals surface area contributed by atoms with Crippen LogP contribution in [0.1, 0.15) is 42.7 Å². The average molecular weight is 396 g/mol. The second-order valence-electron chi connectivity index (χ2n) is 5.50. The monoisotopic (exact) mass is 396 g/mol. The normalized spacial score (nSPS) is 11.9. The smallest absolute Gasteiger partial charge is 0.290 e. The van der Waals surface area contributed by atoms with E-state index >= 15 is 0 Å². The van der Waals surface area contributed by atoms with Gasteiger partial charge in [0.15, 0.2) is 11.5 Å². The average Bonchev–Trinajstić information content (AvgIpc) is 2.63. The van der Waals surface area contributed by atoms with Gasteiger partial charge in [0.05, 0.1) is 24.8 Å². The Balaban J connectivity index is 2.18. The molecule has 1 N–H and O–H groups in total. The van der Waals surface area contributed by atoms with E-state index < -0.39 is 11.7 Å². The number of carbonyl (C=O) groups excluding carboxylic acids is 1. The van der Waals surface area contributed by atoms with E-state index in [1.807, 2.05) is 19.9 Å². The summed E-state index contributed by atoms with van der Waals surface area (Å²) in [6.07, 6.45) is 1.38. The van der Waals surface area contributed by atoms with Gasteiger partial charge in [0.1, 0.15) is 5.03 Å². The van der Waals surface area contributed by atoms with Crippen LogP contribution in [-0.4, -0.2) is 29.9 Å². The number of benzene rings is 1. The molecular formula is C19H22F2N2O3S. The van der Waals surface area contributed by atoms with Gasteiger partial charge in [-0.15, -0.1) is 0 Å². The molecule has 1 heterocycles. The zero-order valence-electron chi connectivity index (χ0n) is 15.4. The predicted octanol–water partition coefficient (Wildman–Crippen LogP) is 4.68. The van der Waals surface area contributed by atoms with Gasteiger partial charge in [0, 0.05) is 6.20 Å². The van der Waals surface area contributed by atoms with Crippen molar-refractivity contribution >= 4 is 17.7 Å². The summed E-state index contributed by atoms with van der Waals surface area (Å²) in [6, 6.07) is 8.07. The number of pyridine rings is 1. The van der Waals surface area contributed by atoms with Crippen molar-refractivity contribution in [1.82, 2.24) is 10.3 Å². The van der Waals surface area contributed by atoms with Crippen molar-refractivity contribution in [1.29, 1.82) is 0 Å². The van der Waals surface area contributed by atoms with E-state index in [0.717, 1.165) is 5.56 Å². The summed E-state index contributed by atoms with van der Waals surface area (Å²) >= 11 is 0.251. The highest BCUT2D eigenvalue weighted by Gasteiger charge is 2.19. The van der Waals surface area contributed by atoms with Crippen molar-refractivity contribution < 1.29 is 23.0 Å². The zero-order chi connectivity index (χ0) is 19.8.